The van der Waals surface area contributed by atoms with Crippen LogP contribution in [0.15, 0.2) is 18.2 Å². The van der Waals surface area contributed by atoms with E-state index in [0.29, 0.717) is 12.1 Å². The zero-order valence-corrected chi connectivity index (χ0v) is 10.7. The van der Waals surface area contributed by atoms with Gasteiger partial charge in [0.1, 0.15) is 5.82 Å². The predicted molar refractivity (Wildman–Crippen MR) is 70.9 cm³/mol. The van der Waals surface area contributed by atoms with Crippen molar-refractivity contribution in [3.8, 4) is 0 Å². The van der Waals surface area contributed by atoms with Gasteiger partial charge in [-0.15, -0.1) is 0 Å². The summed E-state index contributed by atoms with van der Waals surface area (Å²) < 4.78 is 13.6. The predicted octanol–water partition coefficient (Wildman–Crippen LogP) is 3.30. The Kier molecular flexibility index (Phi) is 3.39. The highest BCUT2D eigenvalue weighted by atomic mass is 32.2. The van der Waals surface area contributed by atoms with Crippen LogP contribution in [0.4, 0.5) is 4.39 Å². The van der Waals surface area contributed by atoms with Crippen LogP contribution in [0.25, 0.3) is 0 Å². The van der Waals surface area contributed by atoms with Crippen molar-refractivity contribution in [2.45, 2.75) is 37.8 Å². The summed E-state index contributed by atoms with van der Waals surface area (Å²) in [4.78, 5) is 0. The van der Waals surface area contributed by atoms with Gasteiger partial charge in [-0.2, -0.15) is 11.8 Å². The summed E-state index contributed by atoms with van der Waals surface area (Å²) in [5, 5.41) is 3.72. The van der Waals surface area contributed by atoms with Crippen molar-refractivity contribution in [1.82, 2.24) is 5.32 Å². The van der Waals surface area contributed by atoms with Gasteiger partial charge in [0.05, 0.1) is 0 Å². The van der Waals surface area contributed by atoms with Crippen molar-refractivity contribution >= 4 is 11.8 Å². The summed E-state index contributed by atoms with van der Waals surface area (Å²) in [7, 11) is 0. The maximum atomic E-state index is 13.6. The molecule has 0 amide bonds. The SMILES string of the molecule is Fc1cccc2c1CCC2NC1CCSCC1. The van der Waals surface area contributed by atoms with E-state index in [1.54, 1.807) is 6.07 Å². The fraction of sp³-hybridized carbons (Fsp3) is 0.571. The molecular weight excluding hydrogens is 233 g/mol. The van der Waals surface area contributed by atoms with Crippen LogP contribution in [-0.4, -0.2) is 17.5 Å². The van der Waals surface area contributed by atoms with E-state index in [1.807, 2.05) is 17.8 Å². The van der Waals surface area contributed by atoms with E-state index in [4.69, 9.17) is 0 Å². The Morgan fingerprint density at radius 3 is 2.82 bits per heavy atom. The number of hydrogen-bond acceptors (Lipinski definition) is 2. The smallest absolute Gasteiger partial charge is 0.126 e. The molecule has 1 unspecified atom stereocenters. The number of fused-ring (bicyclic) bond motifs is 1. The minimum Gasteiger partial charge on any atom is -0.307 e. The first-order valence-corrected chi connectivity index (χ1v) is 7.61. The number of benzene rings is 1. The fourth-order valence-electron chi connectivity index (χ4n) is 2.93. The molecule has 17 heavy (non-hydrogen) atoms. The lowest BCUT2D eigenvalue weighted by atomic mass is 10.1. The van der Waals surface area contributed by atoms with Gasteiger partial charge in [-0.25, -0.2) is 4.39 Å². The average molecular weight is 251 g/mol. The van der Waals surface area contributed by atoms with Crippen molar-refractivity contribution < 1.29 is 4.39 Å². The quantitative estimate of drug-likeness (QED) is 0.865. The molecule has 1 N–H and O–H groups in total. The van der Waals surface area contributed by atoms with Crippen LogP contribution < -0.4 is 5.32 Å². The third kappa shape index (κ3) is 2.36. The van der Waals surface area contributed by atoms with E-state index < -0.39 is 0 Å². The first-order chi connectivity index (χ1) is 8.34. The van der Waals surface area contributed by atoms with E-state index in [0.717, 1.165) is 18.4 Å². The van der Waals surface area contributed by atoms with E-state index in [-0.39, 0.29) is 5.82 Å². The van der Waals surface area contributed by atoms with Crippen molar-refractivity contribution in [2.24, 2.45) is 0 Å². The monoisotopic (exact) mass is 251 g/mol. The van der Waals surface area contributed by atoms with Gasteiger partial charge in [0.2, 0.25) is 0 Å². The summed E-state index contributed by atoms with van der Waals surface area (Å²) in [6.45, 7) is 0. The molecule has 1 saturated heterocycles. The number of rotatable bonds is 2. The van der Waals surface area contributed by atoms with Gasteiger partial charge in [0.25, 0.3) is 0 Å². The minimum atomic E-state index is -0.0222. The van der Waals surface area contributed by atoms with Crippen LogP contribution in [0.2, 0.25) is 0 Å². The second-order valence-electron chi connectivity index (χ2n) is 4.95. The molecule has 1 atom stereocenters. The third-order valence-corrected chi connectivity index (χ3v) is 4.92. The standard InChI is InChI=1S/C14H18FNS/c15-13-3-1-2-12-11(13)4-5-14(12)16-10-6-8-17-9-7-10/h1-3,10,14,16H,4-9H2. The molecule has 2 aliphatic rings. The molecule has 92 valence electrons. The molecule has 1 aliphatic carbocycles. The summed E-state index contributed by atoms with van der Waals surface area (Å²) in [5.41, 5.74) is 2.14. The minimum absolute atomic E-state index is 0.0222. The largest absolute Gasteiger partial charge is 0.307 e. The lowest BCUT2D eigenvalue weighted by molar-refractivity contribution is 0.412. The number of hydrogen-bond donors (Lipinski definition) is 1. The Hall–Kier alpha value is -0.540. The summed E-state index contributed by atoms with van der Waals surface area (Å²) in [5.74, 6) is 2.51. The second kappa shape index (κ2) is 4.99. The number of halogens is 1. The first kappa shape index (κ1) is 11.5. The van der Waals surface area contributed by atoms with Crippen molar-refractivity contribution in [3.63, 3.8) is 0 Å². The molecule has 0 spiro atoms. The summed E-state index contributed by atoms with van der Waals surface area (Å²) >= 11 is 2.04. The van der Waals surface area contributed by atoms with E-state index in [1.165, 1.54) is 29.9 Å². The lowest BCUT2D eigenvalue weighted by Crippen LogP contribution is -2.34. The van der Waals surface area contributed by atoms with Crippen LogP contribution in [-0.2, 0) is 6.42 Å². The Bertz CT molecular complexity index is 401. The maximum Gasteiger partial charge on any atom is 0.126 e. The Morgan fingerprint density at radius 1 is 1.18 bits per heavy atom. The highest BCUT2D eigenvalue weighted by molar-refractivity contribution is 7.99. The molecule has 1 nitrogen and oxygen atoms in total. The molecule has 1 aliphatic heterocycles. The number of nitrogens with one attached hydrogen (secondary N) is 1. The van der Waals surface area contributed by atoms with Gasteiger partial charge >= 0.3 is 0 Å². The van der Waals surface area contributed by atoms with Crippen LogP contribution in [0.1, 0.15) is 36.4 Å². The fourth-order valence-corrected chi connectivity index (χ4v) is 4.04. The van der Waals surface area contributed by atoms with E-state index in [2.05, 4.69) is 11.4 Å². The molecule has 1 fully saturated rings. The zero-order valence-electron chi connectivity index (χ0n) is 9.92. The van der Waals surface area contributed by atoms with Gasteiger partial charge in [-0.1, -0.05) is 12.1 Å². The molecule has 0 bridgehead atoms. The third-order valence-electron chi connectivity index (χ3n) is 3.87. The van der Waals surface area contributed by atoms with Gasteiger partial charge < -0.3 is 5.32 Å². The highest BCUT2D eigenvalue weighted by Crippen LogP contribution is 2.34. The van der Waals surface area contributed by atoms with Crippen molar-refractivity contribution in [1.29, 1.82) is 0 Å². The van der Waals surface area contributed by atoms with Gasteiger partial charge in [0.15, 0.2) is 0 Å². The Morgan fingerprint density at radius 2 is 2.00 bits per heavy atom. The topological polar surface area (TPSA) is 12.0 Å². The number of thioether (sulfide) groups is 1. The lowest BCUT2D eigenvalue weighted by Gasteiger charge is -2.26. The van der Waals surface area contributed by atoms with Crippen molar-refractivity contribution in [3.05, 3.63) is 35.1 Å². The van der Waals surface area contributed by atoms with Gasteiger partial charge in [0, 0.05) is 12.1 Å². The molecule has 1 aromatic carbocycles. The Labute approximate surface area is 106 Å². The molecule has 0 saturated carbocycles. The molecule has 0 aromatic heterocycles. The normalized spacial score (nSPS) is 24.9. The molecule has 1 heterocycles. The van der Waals surface area contributed by atoms with Gasteiger partial charge in [-0.05, 0) is 54.4 Å². The molecule has 1 aromatic rings. The molecule has 3 rings (SSSR count). The van der Waals surface area contributed by atoms with E-state index in [9.17, 15) is 4.39 Å². The average Bonchev–Trinajstić information content (AvgIpc) is 2.76. The van der Waals surface area contributed by atoms with Gasteiger partial charge in [-0.3, -0.25) is 0 Å². The maximum absolute atomic E-state index is 13.6. The molecule has 3 heteroatoms. The molecule has 0 radical (unpaired) electrons. The summed E-state index contributed by atoms with van der Waals surface area (Å²) in [6.07, 6.45) is 4.46. The highest BCUT2D eigenvalue weighted by Gasteiger charge is 2.27. The summed E-state index contributed by atoms with van der Waals surface area (Å²) in [6, 6.07) is 6.52. The van der Waals surface area contributed by atoms with Crippen LogP contribution in [0.5, 0.6) is 0 Å². The molecular formula is C14H18FNS. The Balaban J connectivity index is 1.72. The second-order valence-corrected chi connectivity index (χ2v) is 6.18. The van der Waals surface area contributed by atoms with Crippen molar-refractivity contribution in [2.75, 3.05) is 11.5 Å². The first-order valence-electron chi connectivity index (χ1n) is 6.45. The van der Waals surface area contributed by atoms with Crippen LogP contribution >= 0.6 is 11.8 Å². The van der Waals surface area contributed by atoms with Crippen LogP contribution in [0.3, 0.4) is 0 Å². The van der Waals surface area contributed by atoms with E-state index >= 15 is 0 Å². The van der Waals surface area contributed by atoms with Crippen LogP contribution in [0, 0.1) is 5.82 Å². The zero-order chi connectivity index (χ0) is 11.7.